The van der Waals surface area contributed by atoms with Crippen molar-refractivity contribution >= 4 is 11.9 Å². The summed E-state index contributed by atoms with van der Waals surface area (Å²) in [4.78, 5) is 29.7. The van der Waals surface area contributed by atoms with Gasteiger partial charge < -0.3 is 24.6 Å². The van der Waals surface area contributed by atoms with Gasteiger partial charge in [-0.25, -0.2) is 9.78 Å². The minimum atomic E-state index is -0.815. The highest BCUT2D eigenvalue weighted by atomic mass is 16.6. The second-order valence-electron chi connectivity index (χ2n) is 9.29. The summed E-state index contributed by atoms with van der Waals surface area (Å²) in [6.07, 6.45) is 10.1. The van der Waals surface area contributed by atoms with Crippen LogP contribution in [-0.4, -0.2) is 53.9 Å². The van der Waals surface area contributed by atoms with Gasteiger partial charge in [-0.05, 0) is 44.4 Å². The molecular weight excluding hydrogens is 424 g/mol. The van der Waals surface area contributed by atoms with Gasteiger partial charge >= 0.3 is 5.97 Å². The van der Waals surface area contributed by atoms with Gasteiger partial charge in [-0.3, -0.25) is 4.79 Å². The molecular formula is C25H38N2O6. The molecule has 2 fully saturated rings. The zero-order valence-electron chi connectivity index (χ0n) is 20.0. The van der Waals surface area contributed by atoms with Crippen LogP contribution in [0.3, 0.4) is 0 Å². The summed E-state index contributed by atoms with van der Waals surface area (Å²) in [7, 11) is 1.40. The molecule has 33 heavy (non-hydrogen) atoms. The predicted molar refractivity (Wildman–Crippen MR) is 123 cm³/mol. The Morgan fingerprint density at radius 3 is 2.70 bits per heavy atom. The number of aromatic hydroxyl groups is 1. The molecule has 2 aliphatic rings. The van der Waals surface area contributed by atoms with Crippen LogP contribution < -0.4 is 10.1 Å². The van der Waals surface area contributed by atoms with Crippen molar-refractivity contribution in [1.29, 1.82) is 0 Å². The number of cyclic esters (lactones) is 1. The van der Waals surface area contributed by atoms with Gasteiger partial charge in [-0.15, -0.1) is 0 Å². The zero-order valence-corrected chi connectivity index (χ0v) is 20.0. The number of aromatic nitrogens is 1. The molecule has 4 unspecified atom stereocenters. The average Bonchev–Trinajstić information content (AvgIpc) is 3.32. The summed E-state index contributed by atoms with van der Waals surface area (Å²) in [5, 5.41) is 13.0. The van der Waals surface area contributed by atoms with E-state index in [1.165, 1.54) is 45.1 Å². The van der Waals surface area contributed by atoms with E-state index in [1.54, 1.807) is 0 Å². The second-order valence-corrected chi connectivity index (χ2v) is 9.29. The number of methoxy groups -OCH3 is 1. The largest absolute Gasteiger partial charge is 0.503 e. The highest BCUT2D eigenvalue weighted by Gasteiger charge is 2.36. The molecule has 3 rings (SSSR count). The van der Waals surface area contributed by atoms with Crippen LogP contribution in [0.5, 0.6) is 11.5 Å². The first-order valence-corrected chi connectivity index (χ1v) is 12.3. The van der Waals surface area contributed by atoms with Gasteiger partial charge in [0.15, 0.2) is 17.2 Å². The fourth-order valence-corrected chi connectivity index (χ4v) is 5.16. The lowest BCUT2D eigenvalue weighted by molar-refractivity contribution is -0.161. The maximum Gasteiger partial charge on any atom is 0.329 e. The molecule has 2 N–H and O–H groups in total. The van der Waals surface area contributed by atoms with Gasteiger partial charge in [0.05, 0.1) is 13.2 Å². The summed E-state index contributed by atoms with van der Waals surface area (Å²) >= 11 is 0. The fraction of sp³-hybridized carbons (Fsp3) is 0.720. The standard InChI is InChI=1S/C25H38N2O6/c1-4-14-32-23-16(2)33-25(30)19(11-7-10-18(23)15-17-8-5-6-9-17)27-24(29)21-22(28)20(31-3)12-13-26-21/h12-13,16-19,23,28H,4-11,14-15H2,1-3H3,(H,27,29). The van der Waals surface area contributed by atoms with E-state index in [4.69, 9.17) is 14.2 Å². The molecule has 1 aliphatic heterocycles. The Labute approximate surface area is 196 Å². The van der Waals surface area contributed by atoms with Crippen LogP contribution in [-0.2, 0) is 14.3 Å². The van der Waals surface area contributed by atoms with Crippen LogP contribution in [0.2, 0.25) is 0 Å². The molecule has 8 heteroatoms. The van der Waals surface area contributed by atoms with Crippen LogP contribution >= 0.6 is 0 Å². The number of pyridine rings is 1. The number of hydrogen-bond acceptors (Lipinski definition) is 7. The van der Waals surface area contributed by atoms with Gasteiger partial charge in [0.25, 0.3) is 5.91 Å². The Bertz CT molecular complexity index is 795. The maximum absolute atomic E-state index is 13.0. The van der Waals surface area contributed by atoms with Gasteiger partial charge in [-0.1, -0.05) is 39.0 Å². The highest BCUT2D eigenvalue weighted by Crippen LogP contribution is 2.36. The molecule has 0 aromatic carbocycles. The molecule has 1 saturated heterocycles. The molecule has 184 valence electrons. The first kappa shape index (κ1) is 25.3. The smallest absolute Gasteiger partial charge is 0.329 e. The number of esters is 1. The third kappa shape index (κ3) is 6.59. The predicted octanol–water partition coefficient (Wildman–Crippen LogP) is 4.00. The maximum atomic E-state index is 13.0. The molecule has 4 atom stereocenters. The summed E-state index contributed by atoms with van der Waals surface area (Å²) in [6.45, 7) is 4.60. The number of nitrogens with one attached hydrogen (secondary N) is 1. The molecule has 1 aliphatic carbocycles. The number of carbonyl (C=O) groups is 2. The Morgan fingerprint density at radius 1 is 1.24 bits per heavy atom. The first-order valence-electron chi connectivity index (χ1n) is 12.3. The van der Waals surface area contributed by atoms with Gasteiger partial charge in [0.2, 0.25) is 0 Å². The number of nitrogens with zero attached hydrogens (tertiary/aromatic N) is 1. The molecule has 8 nitrogen and oxygen atoms in total. The van der Waals surface area contributed by atoms with Crippen molar-refractivity contribution < 1.29 is 28.9 Å². The van der Waals surface area contributed by atoms with E-state index in [1.807, 2.05) is 6.92 Å². The van der Waals surface area contributed by atoms with Crippen molar-refractivity contribution in [3.63, 3.8) is 0 Å². The van der Waals surface area contributed by atoms with Gasteiger partial charge in [0.1, 0.15) is 12.1 Å². The number of hydrogen-bond donors (Lipinski definition) is 2. The van der Waals surface area contributed by atoms with Crippen LogP contribution in [0.15, 0.2) is 12.3 Å². The van der Waals surface area contributed by atoms with Crippen molar-refractivity contribution in [3.05, 3.63) is 18.0 Å². The fourth-order valence-electron chi connectivity index (χ4n) is 5.16. The minimum Gasteiger partial charge on any atom is -0.503 e. The Kier molecular flexibility index (Phi) is 9.35. The monoisotopic (exact) mass is 462 g/mol. The molecule has 2 heterocycles. The average molecular weight is 463 g/mol. The van der Waals surface area contributed by atoms with Crippen molar-refractivity contribution in [3.8, 4) is 11.5 Å². The van der Waals surface area contributed by atoms with Crippen LogP contribution in [0.4, 0.5) is 0 Å². The lowest BCUT2D eigenvalue weighted by Gasteiger charge is -2.32. The minimum absolute atomic E-state index is 0.145. The Balaban J connectivity index is 1.72. The summed E-state index contributed by atoms with van der Waals surface area (Å²) in [5.74, 6) is -0.296. The van der Waals surface area contributed by atoms with Gasteiger partial charge in [-0.2, -0.15) is 0 Å². The number of rotatable bonds is 8. The van der Waals surface area contributed by atoms with Crippen LogP contribution in [0, 0.1) is 11.8 Å². The lowest BCUT2D eigenvalue weighted by atomic mass is 9.84. The molecule has 1 aromatic heterocycles. The topological polar surface area (TPSA) is 107 Å². The molecule has 1 aromatic rings. The van der Waals surface area contributed by atoms with Crippen molar-refractivity contribution in [2.75, 3.05) is 13.7 Å². The highest BCUT2D eigenvalue weighted by molar-refractivity contribution is 5.97. The SMILES string of the molecule is CCCOC1C(CC2CCCC2)CCCC(NC(=O)c2nccc(OC)c2O)C(=O)OC1C. The number of amides is 1. The molecule has 0 spiro atoms. The van der Waals surface area contributed by atoms with E-state index in [-0.39, 0.29) is 23.3 Å². The van der Waals surface area contributed by atoms with E-state index < -0.39 is 24.0 Å². The normalized spacial score (nSPS) is 26.7. The third-order valence-electron chi connectivity index (χ3n) is 6.83. The summed E-state index contributed by atoms with van der Waals surface area (Å²) < 4.78 is 17.1. The Hall–Kier alpha value is -2.35. The van der Waals surface area contributed by atoms with Crippen molar-refractivity contribution in [2.45, 2.75) is 89.9 Å². The van der Waals surface area contributed by atoms with E-state index in [0.717, 1.165) is 25.7 Å². The second kappa shape index (κ2) is 12.2. The summed E-state index contributed by atoms with van der Waals surface area (Å²) in [6, 6.07) is 0.646. The molecule has 1 saturated carbocycles. The molecule has 1 amide bonds. The first-order chi connectivity index (χ1) is 15.9. The van der Waals surface area contributed by atoms with Gasteiger partial charge in [0, 0.05) is 18.9 Å². The third-order valence-corrected chi connectivity index (χ3v) is 6.83. The number of carbonyl (C=O) groups excluding carboxylic acids is 2. The summed E-state index contributed by atoms with van der Waals surface area (Å²) in [5.41, 5.74) is -0.182. The zero-order chi connectivity index (χ0) is 23.8. The van der Waals surface area contributed by atoms with E-state index >= 15 is 0 Å². The molecule has 0 radical (unpaired) electrons. The number of ether oxygens (including phenoxy) is 3. The van der Waals surface area contributed by atoms with E-state index in [2.05, 4.69) is 17.2 Å². The van der Waals surface area contributed by atoms with E-state index in [0.29, 0.717) is 24.9 Å². The molecule has 0 bridgehead atoms. The van der Waals surface area contributed by atoms with Crippen LogP contribution in [0.1, 0.15) is 82.1 Å². The quantitative estimate of drug-likeness (QED) is 0.562. The Morgan fingerprint density at radius 2 is 2.00 bits per heavy atom. The van der Waals surface area contributed by atoms with Crippen molar-refractivity contribution in [2.24, 2.45) is 11.8 Å². The van der Waals surface area contributed by atoms with Crippen molar-refractivity contribution in [1.82, 2.24) is 10.3 Å². The van der Waals surface area contributed by atoms with Crippen LogP contribution in [0.25, 0.3) is 0 Å². The lowest BCUT2D eigenvalue weighted by Crippen LogP contribution is -2.44. The van der Waals surface area contributed by atoms with E-state index in [9.17, 15) is 14.7 Å².